The molecule has 0 saturated heterocycles. The number of carbonyl (C=O) groups excluding carboxylic acids is 1. The Hall–Kier alpha value is -2.29. The quantitative estimate of drug-likeness (QED) is 0.703. The van der Waals surface area contributed by atoms with E-state index >= 15 is 0 Å². The Balaban J connectivity index is 3.87. The van der Waals surface area contributed by atoms with E-state index in [4.69, 9.17) is 5.26 Å². The molecule has 0 unspecified atom stereocenters. The highest BCUT2D eigenvalue weighted by atomic mass is 16.3. The molecule has 0 aromatic carbocycles. The number of carbonyl (C=O) groups is 1. The highest BCUT2D eigenvalue weighted by Crippen LogP contribution is 2.27. The second-order valence-electron chi connectivity index (χ2n) is 3.14. The zero-order chi connectivity index (χ0) is 12.5. The Labute approximate surface area is 91.0 Å². The average Bonchev–Trinajstić information content (AvgIpc) is 2.18. The molecule has 1 heterocycles. The summed E-state index contributed by atoms with van der Waals surface area (Å²) in [6.45, 7) is 2.80. The molecule has 0 aliphatic carbocycles. The number of aromatic hydroxyl groups is 2. The van der Waals surface area contributed by atoms with Gasteiger partial charge in [-0.3, -0.25) is 14.2 Å². The summed E-state index contributed by atoms with van der Waals surface area (Å²) in [6, 6.07) is 1.51. The Morgan fingerprint density at radius 3 is 2.44 bits per heavy atom. The van der Waals surface area contributed by atoms with Crippen LogP contribution in [0.15, 0.2) is 4.79 Å². The first-order valence-corrected chi connectivity index (χ1v) is 4.55. The van der Waals surface area contributed by atoms with Crippen LogP contribution in [-0.2, 0) is 6.54 Å². The van der Waals surface area contributed by atoms with Gasteiger partial charge in [0.2, 0.25) is 5.88 Å². The van der Waals surface area contributed by atoms with Gasteiger partial charge >= 0.3 is 0 Å². The molecule has 84 valence electrons. The summed E-state index contributed by atoms with van der Waals surface area (Å²) in [5.41, 5.74) is -1.76. The van der Waals surface area contributed by atoms with Crippen LogP contribution in [0.2, 0.25) is 0 Å². The molecule has 6 nitrogen and oxygen atoms in total. The van der Waals surface area contributed by atoms with Crippen molar-refractivity contribution in [3.05, 3.63) is 21.5 Å². The fourth-order valence-corrected chi connectivity index (χ4v) is 1.42. The van der Waals surface area contributed by atoms with E-state index in [2.05, 4.69) is 0 Å². The van der Waals surface area contributed by atoms with E-state index in [-0.39, 0.29) is 6.54 Å². The van der Waals surface area contributed by atoms with Gasteiger partial charge in [-0.15, -0.1) is 0 Å². The van der Waals surface area contributed by atoms with E-state index < -0.39 is 34.1 Å². The zero-order valence-electron chi connectivity index (χ0n) is 8.81. The Bertz CT molecular complexity index is 551. The fourth-order valence-electron chi connectivity index (χ4n) is 1.42. The van der Waals surface area contributed by atoms with Crippen molar-refractivity contribution in [1.29, 1.82) is 5.26 Å². The topological polar surface area (TPSA) is 103 Å². The maximum absolute atomic E-state index is 11.6. The number of aromatic nitrogens is 1. The standard InChI is InChI=1S/C10H10N2O4/c1-3-12-9(15)6(4-11)8(14)7(5(2)13)10(12)16/h14,16H,3H2,1-2H3. The van der Waals surface area contributed by atoms with E-state index in [0.717, 1.165) is 11.5 Å². The summed E-state index contributed by atoms with van der Waals surface area (Å²) in [4.78, 5) is 22.7. The lowest BCUT2D eigenvalue weighted by Crippen LogP contribution is -2.24. The molecular formula is C10H10N2O4. The molecule has 0 atom stereocenters. The number of nitrogens with zero attached hydrogens (tertiary/aromatic N) is 2. The summed E-state index contributed by atoms with van der Waals surface area (Å²) in [5.74, 6) is -1.99. The molecular weight excluding hydrogens is 212 g/mol. The Morgan fingerprint density at radius 2 is 2.06 bits per heavy atom. The van der Waals surface area contributed by atoms with Crippen molar-refractivity contribution in [2.45, 2.75) is 20.4 Å². The summed E-state index contributed by atoms with van der Waals surface area (Å²) >= 11 is 0. The smallest absolute Gasteiger partial charge is 0.275 e. The monoisotopic (exact) mass is 222 g/mol. The van der Waals surface area contributed by atoms with Gasteiger partial charge in [0, 0.05) is 6.54 Å². The van der Waals surface area contributed by atoms with E-state index in [1.54, 1.807) is 6.92 Å². The minimum Gasteiger partial charge on any atom is -0.505 e. The van der Waals surface area contributed by atoms with Crippen LogP contribution in [0.25, 0.3) is 0 Å². The summed E-state index contributed by atoms with van der Waals surface area (Å²) in [7, 11) is 0. The van der Waals surface area contributed by atoms with Gasteiger partial charge in [0.05, 0.1) is 0 Å². The first-order valence-electron chi connectivity index (χ1n) is 4.55. The SMILES string of the molecule is CCn1c(O)c(C(C)=O)c(O)c(C#N)c1=O. The minimum absolute atomic E-state index is 0.0971. The molecule has 0 fully saturated rings. The fraction of sp³-hybridized carbons (Fsp3) is 0.300. The van der Waals surface area contributed by atoms with Gasteiger partial charge in [-0.2, -0.15) is 5.26 Å². The third kappa shape index (κ3) is 1.52. The second kappa shape index (κ2) is 4.06. The van der Waals surface area contributed by atoms with E-state index in [9.17, 15) is 19.8 Å². The summed E-state index contributed by atoms with van der Waals surface area (Å²) in [5, 5.41) is 27.8. The number of hydrogen-bond donors (Lipinski definition) is 2. The van der Waals surface area contributed by atoms with Gasteiger partial charge in [-0.05, 0) is 13.8 Å². The summed E-state index contributed by atoms with van der Waals surface area (Å²) in [6.07, 6.45) is 0. The number of pyridine rings is 1. The highest BCUT2D eigenvalue weighted by Gasteiger charge is 2.23. The molecule has 2 N–H and O–H groups in total. The van der Waals surface area contributed by atoms with Crippen LogP contribution in [-0.4, -0.2) is 20.6 Å². The largest absolute Gasteiger partial charge is 0.505 e. The van der Waals surface area contributed by atoms with Gasteiger partial charge in [0.1, 0.15) is 11.6 Å². The first kappa shape index (κ1) is 11.8. The lowest BCUT2D eigenvalue weighted by molar-refractivity contribution is 0.101. The highest BCUT2D eigenvalue weighted by molar-refractivity contribution is 5.99. The summed E-state index contributed by atoms with van der Waals surface area (Å²) < 4.78 is 0.856. The van der Waals surface area contributed by atoms with Crippen molar-refractivity contribution in [2.75, 3.05) is 0 Å². The third-order valence-electron chi connectivity index (χ3n) is 2.19. The first-order chi connectivity index (χ1) is 7.45. The van der Waals surface area contributed by atoms with Crippen molar-refractivity contribution in [3.63, 3.8) is 0 Å². The molecule has 0 radical (unpaired) electrons. The van der Waals surface area contributed by atoms with Crippen LogP contribution in [0.3, 0.4) is 0 Å². The lowest BCUT2D eigenvalue weighted by atomic mass is 10.1. The molecule has 6 heteroatoms. The van der Waals surface area contributed by atoms with Gasteiger partial charge < -0.3 is 10.2 Å². The zero-order valence-corrected chi connectivity index (χ0v) is 8.81. The lowest BCUT2D eigenvalue weighted by Gasteiger charge is -2.11. The van der Waals surface area contributed by atoms with E-state index in [0.29, 0.717) is 0 Å². The number of hydrogen-bond acceptors (Lipinski definition) is 5. The van der Waals surface area contributed by atoms with Gasteiger partial charge in [-0.1, -0.05) is 0 Å². The second-order valence-corrected chi connectivity index (χ2v) is 3.14. The van der Waals surface area contributed by atoms with Crippen LogP contribution in [0.5, 0.6) is 11.6 Å². The Kier molecular flexibility index (Phi) is 2.99. The van der Waals surface area contributed by atoms with Crippen molar-refractivity contribution in [1.82, 2.24) is 4.57 Å². The Morgan fingerprint density at radius 1 is 1.50 bits per heavy atom. The number of Topliss-reactive ketones (excluding diaryl/α,β-unsaturated/α-hetero) is 1. The van der Waals surface area contributed by atoms with Crippen LogP contribution >= 0.6 is 0 Å². The van der Waals surface area contributed by atoms with Crippen LogP contribution in [0, 0.1) is 11.3 Å². The molecule has 0 bridgehead atoms. The number of ketones is 1. The van der Waals surface area contributed by atoms with Crippen LogP contribution in [0.1, 0.15) is 29.8 Å². The predicted octanol–water partition coefficient (Wildman–Crippen LogP) is 0.354. The maximum Gasteiger partial charge on any atom is 0.275 e. The van der Waals surface area contributed by atoms with Crippen molar-refractivity contribution >= 4 is 5.78 Å². The van der Waals surface area contributed by atoms with Crippen LogP contribution < -0.4 is 5.56 Å². The molecule has 0 saturated carbocycles. The normalized spacial score (nSPS) is 9.81. The van der Waals surface area contributed by atoms with Crippen molar-refractivity contribution in [3.8, 4) is 17.7 Å². The molecule has 1 aromatic rings. The van der Waals surface area contributed by atoms with Crippen molar-refractivity contribution < 1.29 is 15.0 Å². The van der Waals surface area contributed by atoms with Gasteiger partial charge in [0.15, 0.2) is 17.1 Å². The molecule has 0 aliphatic rings. The minimum atomic E-state index is -0.815. The number of nitriles is 1. The third-order valence-corrected chi connectivity index (χ3v) is 2.19. The molecule has 16 heavy (non-hydrogen) atoms. The molecule has 1 rings (SSSR count). The predicted molar refractivity (Wildman–Crippen MR) is 54.4 cm³/mol. The van der Waals surface area contributed by atoms with Crippen molar-refractivity contribution in [2.24, 2.45) is 0 Å². The van der Waals surface area contributed by atoms with E-state index in [1.165, 1.54) is 6.07 Å². The van der Waals surface area contributed by atoms with Gasteiger partial charge in [-0.25, -0.2) is 0 Å². The molecule has 1 aromatic heterocycles. The van der Waals surface area contributed by atoms with Gasteiger partial charge in [0.25, 0.3) is 5.56 Å². The van der Waals surface area contributed by atoms with E-state index in [1.807, 2.05) is 0 Å². The maximum atomic E-state index is 11.6. The number of rotatable bonds is 2. The van der Waals surface area contributed by atoms with Crippen LogP contribution in [0.4, 0.5) is 0 Å². The average molecular weight is 222 g/mol. The molecule has 0 spiro atoms. The molecule has 0 aliphatic heterocycles. The molecule has 0 amide bonds.